The van der Waals surface area contributed by atoms with Gasteiger partial charge in [-0.05, 0) is 53.1 Å². The van der Waals surface area contributed by atoms with Gasteiger partial charge in [-0.1, -0.05) is 0 Å². The van der Waals surface area contributed by atoms with Crippen LogP contribution in [0.3, 0.4) is 0 Å². The summed E-state index contributed by atoms with van der Waals surface area (Å²) in [6.45, 7) is 13.5. The summed E-state index contributed by atoms with van der Waals surface area (Å²) < 4.78 is 2.24. The molecule has 1 fully saturated rings. The molecule has 1 aliphatic rings. The summed E-state index contributed by atoms with van der Waals surface area (Å²) in [5.74, 6) is 0.804. The van der Waals surface area contributed by atoms with Crippen LogP contribution >= 0.6 is 0 Å². The highest BCUT2D eigenvalue weighted by molar-refractivity contribution is 4.99. The maximum Gasteiger partial charge on any atom is 0.0951 e. The summed E-state index contributed by atoms with van der Waals surface area (Å²) in [5.41, 5.74) is 1.29. The minimum atomic E-state index is 0.488. The van der Waals surface area contributed by atoms with E-state index < -0.39 is 0 Å². The Bertz CT molecular complexity index is 383. The molecule has 2 heterocycles. The predicted molar refractivity (Wildman–Crippen MR) is 79.1 cm³/mol. The number of rotatable bonds is 6. The van der Waals surface area contributed by atoms with Gasteiger partial charge in [-0.2, -0.15) is 0 Å². The van der Waals surface area contributed by atoms with E-state index >= 15 is 0 Å². The van der Waals surface area contributed by atoms with Crippen molar-refractivity contribution in [1.82, 2.24) is 19.8 Å². The van der Waals surface area contributed by atoms with Crippen molar-refractivity contribution in [3.8, 4) is 0 Å². The molecule has 1 aromatic rings. The number of nitrogens with zero attached hydrogens (tertiary/aromatic N) is 3. The van der Waals surface area contributed by atoms with Crippen LogP contribution in [0.15, 0.2) is 12.5 Å². The zero-order valence-electron chi connectivity index (χ0n) is 12.8. The smallest absolute Gasteiger partial charge is 0.0951 e. The molecule has 1 aromatic heterocycles. The number of nitrogens with one attached hydrogen (secondary N) is 1. The summed E-state index contributed by atoms with van der Waals surface area (Å²) >= 11 is 0. The maximum atomic E-state index is 4.24. The SMILES string of the molecule is CC(C)N1CCC(CNCc2cncn2C(C)C)C1. The van der Waals surface area contributed by atoms with Gasteiger partial charge in [0.1, 0.15) is 0 Å². The zero-order chi connectivity index (χ0) is 13.8. The molecule has 1 unspecified atom stereocenters. The molecule has 2 rings (SSSR count). The van der Waals surface area contributed by atoms with Gasteiger partial charge in [0.05, 0.1) is 12.0 Å². The molecular weight excluding hydrogens is 236 g/mol. The second-order valence-electron chi connectivity index (χ2n) is 6.26. The van der Waals surface area contributed by atoms with Gasteiger partial charge in [0, 0.05) is 31.4 Å². The lowest BCUT2D eigenvalue weighted by Gasteiger charge is -2.20. The fraction of sp³-hybridized carbons (Fsp3) is 0.800. The zero-order valence-corrected chi connectivity index (χ0v) is 12.8. The van der Waals surface area contributed by atoms with Crippen molar-refractivity contribution in [2.45, 2.75) is 52.7 Å². The highest BCUT2D eigenvalue weighted by Gasteiger charge is 2.23. The molecular formula is C15H28N4. The molecule has 19 heavy (non-hydrogen) atoms. The highest BCUT2D eigenvalue weighted by atomic mass is 15.2. The van der Waals surface area contributed by atoms with E-state index in [-0.39, 0.29) is 0 Å². The molecule has 108 valence electrons. The first kappa shape index (κ1) is 14.5. The summed E-state index contributed by atoms with van der Waals surface area (Å²) in [7, 11) is 0. The minimum absolute atomic E-state index is 0.488. The van der Waals surface area contributed by atoms with Crippen LogP contribution in [0.2, 0.25) is 0 Å². The van der Waals surface area contributed by atoms with Gasteiger partial charge in [-0.15, -0.1) is 0 Å². The Labute approximate surface area is 117 Å². The number of likely N-dealkylation sites (tertiary alicyclic amines) is 1. The molecule has 0 spiro atoms. The van der Waals surface area contributed by atoms with Crippen molar-refractivity contribution in [1.29, 1.82) is 0 Å². The molecule has 1 N–H and O–H groups in total. The van der Waals surface area contributed by atoms with E-state index in [2.05, 4.69) is 47.5 Å². The van der Waals surface area contributed by atoms with Gasteiger partial charge >= 0.3 is 0 Å². The fourth-order valence-corrected chi connectivity index (χ4v) is 2.84. The van der Waals surface area contributed by atoms with Crippen LogP contribution in [0.1, 0.15) is 45.9 Å². The van der Waals surface area contributed by atoms with Crippen LogP contribution < -0.4 is 5.32 Å². The highest BCUT2D eigenvalue weighted by Crippen LogP contribution is 2.17. The Hall–Kier alpha value is -0.870. The Balaban J connectivity index is 1.74. The van der Waals surface area contributed by atoms with Gasteiger partial charge in [-0.25, -0.2) is 4.98 Å². The summed E-state index contributed by atoms with van der Waals surface area (Å²) in [5, 5.41) is 3.60. The second-order valence-corrected chi connectivity index (χ2v) is 6.26. The van der Waals surface area contributed by atoms with E-state index in [1.54, 1.807) is 0 Å². The Morgan fingerprint density at radius 3 is 2.74 bits per heavy atom. The Morgan fingerprint density at radius 1 is 1.32 bits per heavy atom. The summed E-state index contributed by atoms with van der Waals surface area (Å²) in [6, 6.07) is 1.18. The minimum Gasteiger partial charge on any atom is -0.331 e. The second kappa shape index (κ2) is 6.53. The van der Waals surface area contributed by atoms with Gasteiger partial charge in [0.25, 0.3) is 0 Å². The van der Waals surface area contributed by atoms with E-state index in [0.29, 0.717) is 12.1 Å². The van der Waals surface area contributed by atoms with E-state index in [9.17, 15) is 0 Å². The van der Waals surface area contributed by atoms with Crippen molar-refractivity contribution in [3.63, 3.8) is 0 Å². The standard InChI is InChI=1S/C15H28N4/c1-12(2)18-6-5-14(10-18)7-16-8-15-9-17-11-19(15)13(3)4/h9,11-14,16H,5-8,10H2,1-4H3. The van der Waals surface area contributed by atoms with E-state index in [4.69, 9.17) is 0 Å². The number of hydrogen-bond acceptors (Lipinski definition) is 3. The third-order valence-electron chi connectivity index (χ3n) is 4.09. The molecule has 1 aliphatic heterocycles. The summed E-state index contributed by atoms with van der Waals surface area (Å²) in [4.78, 5) is 6.82. The molecule has 0 saturated carbocycles. The first-order chi connectivity index (χ1) is 9.08. The molecule has 0 radical (unpaired) electrons. The van der Waals surface area contributed by atoms with Gasteiger partial charge in [-0.3, -0.25) is 0 Å². The van der Waals surface area contributed by atoms with Crippen molar-refractivity contribution in [2.75, 3.05) is 19.6 Å². The quantitative estimate of drug-likeness (QED) is 0.856. The lowest BCUT2D eigenvalue weighted by molar-refractivity contribution is 0.264. The number of aromatic nitrogens is 2. The Kier molecular flexibility index (Phi) is 4.99. The predicted octanol–water partition coefficient (Wildman–Crippen LogP) is 2.28. The lowest BCUT2D eigenvalue weighted by Crippen LogP contribution is -2.30. The Morgan fingerprint density at radius 2 is 2.11 bits per heavy atom. The third kappa shape index (κ3) is 3.80. The molecule has 4 nitrogen and oxygen atoms in total. The van der Waals surface area contributed by atoms with E-state index in [1.807, 2.05) is 12.5 Å². The normalized spacial score (nSPS) is 20.8. The topological polar surface area (TPSA) is 33.1 Å². The van der Waals surface area contributed by atoms with Gasteiger partial charge in [0.15, 0.2) is 0 Å². The number of imidazole rings is 1. The van der Waals surface area contributed by atoms with Crippen molar-refractivity contribution in [2.24, 2.45) is 5.92 Å². The van der Waals surface area contributed by atoms with Gasteiger partial charge < -0.3 is 14.8 Å². The summed E-state index contributed by atoms with van der Waals surface area (Å²) in [6.07, 6.45) is 5.23. The first-order valence-electron chi connectivity index (χ1n) is 7.53. The van der Waals surface area contributed by atoms with E-state index in [1.165, 1.54) is 25.2 Å². The molecule has 0 bridgehead atoms. The van der Waals surface area contributed by atoms with Crippen LogP contribution in [0, 0.1) is 5.92 Å². The van der Waals surface area contributed by atoms with Crippen molar-refractivity contribution >= 4 is 0 Å². The molecule has 0 amide bonds. The maximum absolute atomic E-state index is 4.24. The monoisotopic (exact) mass is 264 g/mol. The molecule has 1 atom stereocenters. The van der Waals surface area contributed by atoms with Crippen LogP contribution in [-0.2, 0) is 6.54 Å². The first-order valence-corrected chi connectivity index (χ1v) is 7.53. The van der Waals surface area contributed by atoms with Gasteiger partial charge in [0.2, 0.25) is 0 Å². The van der Waals surface area contributed by atoms with Crippen LogP contribution in [-0.4, -0.2) is 40.1 Å². The average molecular weight is 264 g/mol. The van der Waals surface area contributed by atoms with Crippen LogP contribution in [0.4, 0.5) is 0 Å². The molecule has 0 aliphatic carbocycles. The molecule has 0 aromatic carbocycles. The van der Waals surface area contributed by atoms with Crippen LogP contribution in [0.25, 0.3) is 0 Å². The van der Waals surface area contributed by atoms with Crippen molar-refractivity contribution in [3.05, 3.63) is 18.2 Å². The average Bonchev–Trinajstić information content (AvgIpc) is 2.97. The largest absolute Gasteiger partial charge is 0.331 e. The number of hydrogen-bond donors (Lipinski definition) is 1. The lowest BCUT2D eigenvalue weighted by atomic mass is 10.1. The van der Waals surface area contributed by atoms with E-state index in [0.717, 1.165) is 19.0 Å². The fourth-order valence-electron chi connectivity index (χ4n) is 2.84. The third-order valence-corrected chi connectivity index (χ3v) is 4.09. The van der Waals surface area contributed by atoms with Crippen LogP contribution in [0.5, 0.6) is 0 Å². The molecule has 4 heteroatoms. The van der Waals surface area contributed by atoms with Crippen molar-refractivity contribution < 1.29 is 0 Å². The molecule has 1 saturated heterocycles.